The summed E-state index contributed by atoms with van der Waals surface area (Å²) in [6, 6.07) is 7.56. The van der Waals surface area contributed by atoms with E-state index in [4.69, 9.17) is 16.7 Å². The fraction of sp³-hybridized carbons (Fsp3) is 0.0909. The van der Waals surface area contributed by atoms with Crippen molar-refractivity contribution >= 4 is 17.7 Å². The quantitative estimate of drug-likeness (QED) is 0.734. The van der Waals surface area contributed by atoms with Crippen molar-refractivity contribution in [3.05, 3.63) is 53.1 Å². The van der Waals surface area contributed by atoms with E-state index in [-0.39, 0.29) is 6.61 Å². The molecule has 0 heterocycles. The Kier molecular flexibility index (Phi) is 4.30. The first-order chi connectivity index (χ1) is 6.33. The van der Waals surface area contributed by atoms with Gasteiger partial charge in [0.2, 0.25) is 0 Å². The number of benzene rings is 1. The smallest absolute Gasteiger partial charge is 0.0615 e. The molecule has 1 aromatic carbocycles. The van der Waals surface area contributed by atoms with Crippen LogP contribution in [-0.2, 0) is 0 Å². The molecule has 0 spiro atoms. The van der Waals surface area contributed by atoms with Crippen molar-refractivity contribution in [2.24, 2.45) is 0 Å². The Morgan fingerprint density at radius 1 is 1.15 bits per heavy atom. The summed E-state index contributed by atoms with van der Waals surface area (Å²) in [5.41, 5.74) is 1.09. The van der Waals surface area contributed by atoms with Crippen LogP contribution in [0, 0.1) is 0 Å². The minimum absolute atomic E-state index is 0.0744. The van der Waals surface area contributed by atoms with E-state index in [1.165, 1.54) is 0 Å². The van der Waals surface area contributed by atoms with Crippen LogP contribution in [0.4, 0.5) is 0 Å². The summed E-state index contributed by atoms with van der Waals surface area (Å²) in [7, 11) is 0. The third kappa shape index (κ3) is 3.92. The van der Waals surface area contributed by atoms with E-state index in [1.807, 2.05) is 36.4 Å². The van der Waals surface area contributed by atoms with Crippen molar-refractivity contribution in [3.8, 4) is 0 Å². The molecule has 0 radical (unpaired) electrons. The number of aliphatic hydroxyl groups excluding tert-OH is 1. The SMILES string of the molecule is OCC=CC=Cc1ccc(Cl)cc1. The summed E-state index contributed by atoms with van der Waals surface area (Å²) in [6.07, 6.45) is 7.29. The number of aliphatic hydroxyl groups is 1. The molecule has 0 saturated heterocycles. The normalized spacial score (nSPS) is 11.5. The summed E-state index contributed by atoms with van der Waals surface area (Å²) < 4.78 is 0. The molecular weight excluding hydrogens is 184 g/mol. The average Bonchev–Trinajstić information content (AvgIpc) is 2.15. The van der Waals surface area contributed by atoms with E-state index >= 15 is 0 Å². The summed E-state index contributed by atoms with van der Waals surface area (Å²) in [5, 5.41) is 9.20. The second-order valence-corrected chi connectivity index (χ2v) is 2.96. The van der Waals surface area contributed by atoms with Gasteiger partial charge >= 0.3 is 0 Å². The zero-order valence-electron chi connectivity index (χ0n) is 7.15. The Morgan fingerprint density at radius 2 is 1.85 bits per heavy atom. The molecular formula is C11H11ClO. The van der Waals surface area contributed by atoms with Crippen LogP contribution in [0.2, 0.25) is 5.02 Å². The fourth-order valence-corrected chi connectivity index (χ4v) is 1.01. The van der Waals surface area contributed by atoms with E-state index in [9.17, 15) is 0 Å². The van der Waals surface area contributed by atoms with Gasteiger partial charge in [0.15, 0.2) is 0 Å². The second-order valence-electron chi connectivity index (χ2n) is 2.52. The minimum atomic E-state index is 0.0744. The lowest BCUT2D eigenvalue weighted by Crippen LogP contribution is -1.70. The van der Waals surface area contributed by atoms with Gasteiger partial charge in [0, 0.05) is 5.02 Å². The van der Waals surface area contributed by atoms with Crippen LogP contribution in [0.3, 0.4) is 0 Å². The number of hydrogen-bond donors (Lipinski definition) is 1. The minimum Gasteiger partial charge on any atom is -0.392 e. The van der Waals surface area contributed by atoms with Crippen LogP contribution < -0.4 is 0 Å². The Morgan fingerprint density at radius 3 is 2.46 bits per heavy atom. The number of rotatable bonds is 3. The Hall–Kier alpha value is -1.05. The van der Waals surface area contributed by atoms with Crippen molar-refractivity contribution in [2.45, 2.75) is 0 Å². The Bertz CT molecular complexity index is 298. The highest BCUT2D eigenvalue weighted by atomic mass is 35.5. The number of halogens is 1. The van der Waals surface area contributed by atoms with Crippen LogP contribution in [0.25, 0.3) is 6.08 Å². The van der Waals surface area contributed by atoms with Crippen LogP contribution in [0.5, 0.6) is 0 Å². The second kappa shape index (κ2) is 5.57. The van der Waals surface area contributed by atoms with Gasteiger partial charge in [0.05, 0.1) is 6.61 Å². The van der Waals surface area contributed by atoms with Gasteiger partial charge in [-0.2, -0.15) is 0 Å². The molecule has 0 fully saturated rings. The van der Waals surface area contributed by atoms with Crippen LogP contribution in [0.15, 0.2) is 42.5 Å². The maximum Gasteiger partial charge on any atom is 0.0615 e. The average molecular weight is 195 g/mol. The third-order valence-electron chi connectivity index (χ3n) is 1.51. The van der Waals surface area contributed by atoms with Gasteiger partial charge in [-0.25, -0.2) is 0 Å². The fourth-order valence-electron chi connectivity index (χ4n) is 0.880. The predicted molar refractivity (Wildman–Crippen MR) is 56.7 cm³/mol. The Balaban J connectivity index is 2.59. The zero-order chi connectivity index (χ0) is 9.52. The molecule has 0 aliphatic carbocycles. The molecule has 0 aromatic heterocycles. The summed E-state index contributed by atoms with van der Waals surface area (Å²) >= 11 is 5.72. The molecule has 1 nitrogen and oxygen atoms in total. The van der Waals surface area contributed by atoms with E-state index in [0.29, 0.717) is 0 Å². The molecule has 0 saturated carbocycles. The van der Waals surface area contributed by atoms with Crippen molar-refractivity contribution in [1.29, 1.82) is 0 Å². The lowest BCUT2D eigenvalue weighted by atomic mass is 10.2. The molecule has 0 atom stereocenters. The van der Waals surface area contributed by atoms with E-state index in [2.05, 4.69) is 0 Å². The Labute approximate surface area is 83.0 Å². The monoisotopic (exact) mass is 194 g/mol. The largest absolute Gasteiger partial charge is 0.392 e. The summed E-state index contributed by atoms with van der Waals surface area (Å²) in [4.78, 5) is 0. The van der Waals surface area contributed by atoms with Gasteiger partial charge in [-0.05, 0) is 17.7 Å². The topological polar surface area (TPSA) is 20.2 Å². The van der Waals surface area contributed by atoms with Gasteiger partial charge in [0.25, 0.3) is 0 Å². The number of hydrogen-bond acceptors (Lipinski definition) is 1. The molecule has 1 rings (SSSR count). The summed E-state index contributed by atoms with van der Waals surface area (Å²) in [6.45, 7) is 0.0744. The van der Waals surface area contributed by atoms with Crippen LogP contribution >= 0.6 is 11.6 Å². The molecule has 68 valence electrons. The predicted octanol–water partition coefficient (Wildman–Crippen LogP) is 2.90. The van der Waals surface area contributed by atoms with Crippen molar-refractivity contribution in [2.75, 3.05) is 6.61 Å². The van der Waals surface area contributed by atoms with Crippen molar-refractivity contribution < 1.29 is 5.11 Å². The molecule has 0 bridgehead atoms. The highest BCUT2D eigenvalue weighted by Gasteiger charge is 1.85. The van der Waals surface area contributed by atoms with Crippen LogP contribution in [-0.4, -0.2) is 11.7 Å². The maximum absolute atomic E-state index is 8.46. The van der Waals surface area contributed by atoms with Gasteiger partial charge < -0.3 is 5.11 Å². The van der Waals surface area contributed by atoms with Crippen molar-refractivity contribution in [1.82, 2.24) is 0 Å². The molecule has 2 heteroatoms. The standard InChI is InChI=1S/C11H11ClO/c12-11-7-5-10(6-8-11)4-2-1-3-9-13/h1-8,13H,9H2. The molecule has 1 aromatic rings. The van der Waals surface area contributed by atoms with Gasteiger partial charge in [-0.1, -0.05) is 48.0 Å². The lowest BCUT2D eigenvalue weighted by molar-refractivity contribution is 0.343. The van der Waals surface area contributed by atoms with Gasteiger partial charge in [-0.3, -0.25) is 0 Å². The van der Waals surface area contributed by atoms with Gasteiger partial charge in [-0.15, -0.1) is 0 Å². The number of allylic oxidation sites excluding steroid dienone is 2. The van der Waals surface area contributed by atoms with E-state index in [0.717, 1.165) is 10.6 Å². The molecule has 1 N–H and O–H groups in total. The highest BCUT2D eigenvalue weighted by molar-refractivity contribution is 6.30. The first kappa shape index (κ1) is 10.0. The van der Waals surface area contributed by atoms with Crippen molar-refractivity contribution in [3.63, 3.8) is 0 Å². The molecule has 0 unspecified atom stereocenters. The molecule has 13 heavy (non-hydrogen) atoms. The first-order valence-electron chi connectivity index (χ1n) is 4.02. The zero-order valence-corrected chi connectivity index (χ0v) is 7.91. The lowest BCUT2D eigenvalue weighted by Gasteiger charge is -1.91. The van der Waals surface area contributed by atoms with E-state index in [1.54, 1.807) is 12.2 Å². The van der Waals surface area contributed by atoms with E-state index < -0.39 is 0 Å². The molecule has 0 amide bonds. The maximum atomic E-state index is 8.46. The highest BCUT2D eigenvalue weighted by Crippen LogP contribution is 2.10. The van der Waals surface area contributed by atoms with Crippen LogP contribution in [0.1, 0.15) is 5.56 Å². The molecule has 0 aliphatic heterocycles. The summed E-state index contributed by atoms with van der Waals surface area (Å²) in [5.74, 6) is 0. The van der Waals surface area contributed by atoms with Gasteiger partial charge in [0.1, 0.15) is 0 Å². The first-order valence-corrected chi connectivity index (χ1v) is 4.40. The molecule has 0 aliphatic rings. The third-order valence-corrected chi connectivity index (χ3v) is 1.76.